The number of ether oxygens (including phenoxy) is 1. The van der Waals surface area contributed by atoms with Crippen molar-refractivity contribution in [3.63, 3.8) is 0 Å². The Balaban J connectivity index is 1.41. The van der Waals surface area contributed by atoms with E-state index >= 15 is 0 Å². The van der Waals surface area contributed by atoms with Crippen molar-refractivity contribution >= 4 is 23.3 Å². The molecule has 8 nitrogen and oxygen atoms in total. The lowest BCUT2D eigenvalue weighted by Gasteiger charge is -2.37. The first-order valence-electron chi connectivity index (χ1n) is 9.52. The highest BCUT2D eigenvalue weighted by Crippen LogP contribution is 2.28. The molecule has 2 amide bonds. The molecular formula is C20H23N5O3. The highest BCUT2D eigenvalue weighted by molar-refractivity contribution is 6.22. The minimum absolute atomic E-state index is 0.151. The molecule has 0 aliphatic carbocycles. The molecule has 0 unspecified atom stereocenters. The van der Waals surface area contributed by atoms with Crippen molar-refractivity contribution in [2.45, 2.75) is 19.4 Å². The molecule has 2 aliphatic heterocycles. The van der Waals surface area contributed by atoms with Gasteiger partial charge < -0.3 is 9.64 Å². The molecule has 2 aromatic rings. The lowest BCUT2D eigenvalue weighted by molar-refractivity contribution is -0.123. The van der Waals surface area contributed by atoms with E-state index in [1.165, 1.54) is 4.90 Å². The van der Waals surface area contributed by atoms with Crippen molar-refractivity contribution in [2.24, 2.45) is 0 Å². The van der Waals surface area contributed by atoms with Gasteiger partial charge >= 0.3 is 0 Å². The maximum atomic E-state index is 13.0. The van der Waals surface area contributed by atoms with Gasteiger partial charge in [-0.2, -0.15) is 0 Å². The van der Waals surface area contributed by atoms with Crippen LogP contribution in [0.5, 0.6) is 5.75 Å². The third kappa shape index (κ3) is 3.55. The van der Waals surface area contributed by atoms with Gasteiger partial charge in [-0.3, -0.25) is 19.5 Å². The van der Waals surface area contributed by atoms with E-state index in [4.69, 9.17) is 4.74 Å². The summed E-state index contributed by atoms with van der Waals surface area (Å²) in [6.45, 7) is 5.40. The van der Waals surface area contributed by atoms with Crippen LogP contribution in [-0.2, 0) is 9.59 Å². The molecule has 0 saturated carbocycles. The Morgan fingerprint density at radius 1 is 1.07 bits per heavy atom. The van der Waals surface area contributed by atoms with Crippen molar-refractivity contribution in [1.82, 2.24) is 14.9 Å². The van der Waals surface area contributed by atoms with E-state index in [0.717, 1.165) is 24.7 Å². The number of piperazine rings is 1. The number of anilines is 2. The van der Waals surface area contributed by atoms with Crippen LogP contribution >= 0.6 is 0 Å². The zero-order chi connectivity index (χ0) is 19.5. The molecule has 4 rings (SSSR count). The van der Waals surface area contributed by atoms with Gasteiger partial charge in [0.15, 0.2) is 0 Å². The van der Waals surface area contributed by atoms with Crippen LogP contribution in [0.4, 0.5) is 11.5 Å². The molecule has 3 heterocycles. The summed E-state index contributed by atoms with van der Waals surface area (Å²) in [5.74, 6) is 1.26. The van der Waals surface area contributed by atoms with Crippen molar-refractivity contribution in [3.05, 3.63) is 42.9 Å². The Hall–Kier alpha value is -3.00. The van der Waals surface area contributed by atoms with E-state index in [1.807, 2.05) is 6.92 Å². The number of nitrogens with zero attached hydrogens (tertiary/aromatic N) is 5. The van der Waals surface area contributed by atoms with Crippen molar-refractivity contribution in [2.75, 3.05) is 42.6 Å². The maximum Gasteiger partial charge on any atom is 0.251 e. The molecule has 146 valence electrons. The van der Waals surface area contributed by atoms with Gasteiger partial charge in [-0.05, 0) is 31.2 Å². The van der Waals surface area contributed by atoms with Gasteiger partial charge in [0.05, 0.1) is 31.0 Å². The number of carbonyl (C=O) groups is 2. The number of amides is 2. The van der Waals surface area contributed by atoms with Gasteiger partial charge in [0, 0.05) is 38.6 Å². The van der Waals surface area contributed by atoms with Gasteiger partial charge in [-0.25, -0.2) is 9.88 Å². The molecule has 2 saturated heterocycles. The first kappa shape index (κ1) is 18.4. The lowest BCUT2D eigenvalue weighted by atomic mass is 10.1. The molecule has 0 radical (unpaired) electrons. The number of hydrogen-bond acceptors (Lipinski definition) is 7. The Kier molecular flexibility index (Phi) is 5.21. The molecule has 0 N–H and O–H groups in total. The molecule has 28 heavy (non-hydrogen) atoms. The zero-order valence-electron chi connectivity index (χ0n) is 15.8. The predicted molar refractivity (Wildman–Crippen MR) is 104 cm³/mol. The van der Waals surface area contributed by atoms with E-state index in [1.54, 1.807) is 42.9 Å². The summed E-state index contributed by atoms with van der Waals surface area (Å²) in [7, 11) is 0. The monoisotopic (exact) mass is 381 g/mol. The van der Waals surface area contributed by atoms with E-state index in [-0.39, 0.29) is 18.2 Å². The number of aromatic nitrogens is 2. The second kappa shape index (κ2) is 7.93. The molecule has 2 fully saturated rings. The van der Waals surface area contributed by atoms with Crippen molar-refractivity contribution in [1.29, 1.82) is 0 Å². The van der Waals surface area contributed by atoms with E-state index in [0.29, 0.717) is 25.4 Å². The summed E-state index contributed by atoms with van der Waals surface area (Å²) in [4.78, 5) is 39.5. The fourth-order valence-electron chi connectivity index (χ4n) is 3.75. The van der Waals surface area contributed by atoms with E-state index in [2.05, 4.69) is 19.8 Å². The average Bonchev–Trinajstić information content (AvgIpc) is 3.04. The second-order valence-corrected chi connectivity index (χ2v) is 6.80. The Labute approximate surface area is 163 Å². The standard InChI is InChI=1S/C20H23N5O3/c1-2-28-16-5-3-15(4-6-16)25-19(26)13-17(20(25)27)23-9-11-24(12-10-23)18-14-21-7-8-22-18/h3-8,14,17H,2,9-13H2,1H3/t17-/m1/s1. The van der Waals surface area contributed by atoms with Crippen LogP contribution in [0.2, 0.25) is 0 Å². The molecule has 2 aliphatic rings. The van der Waals surface area contributed by atoms with Gasteiger partial charge in [-0.1, -0.05) is 0 Å². The van der Waals surface area contributed by atoms with Crippen LogP contribution in [0.1, 0.15) is 13.3 Å². The van der Waals surface area contributed by atoms with Crippen molar-refractivity contribution in [3.8, 4) is 5.75 Å². The summed E-state index contributed by atoms with van der Waals surface area (Å²) in [6, 6.07) is 6.69. The first-order valence-corrected chi connectivity index (χ1v) is 9.52. The van der Waals surface area contributed by atoms with Crippen LogP contribution in [0, 0.1) is 0 Å². The summed E-state index contributed by atoms with van der Waals surface area (Å²) >= 11 is 0. The quantitative estimate of drug-likeness (QED) is 0.723. The maximum absolute atomic E-state index is 13.0. The summed E-state index contributed by atoms with van der Waals surface area (Å²) < 4.78 is 5.43. The van der Waals surface area contributed by atoms with Crippen LogP contribution in [0.3, 0.4) is 0 Å². The van der Waals surface area contributed by atoms with Crippen LogP contribution in [0.25, 0.3) is 0 Å². The minimum atomic E-state index is -0.400. The van der Waals surface area contributed by atoms with Crippen LogP contribution in [0.15, 0.2) is 42.9 Å². The van der Waals surface area contributed by atoms with E-state index in [9.17, 15) is 9.59 Å². The number of benzene rings is 1. The number of carbonyl (C=O) groups excluding carboxylic acids is 2. The minimum Gasteiger partial charge on any atom is -0.494 e. The number of imide groups is 1. The van der Waals surface area contributed by atoms with Gasteiger partial charge in [-0.15, -0.1) is 0 Å². The van der Waals surface area contributed by atoms with Gasteiger partial charge in [0.2, 0.25) is 5.91 Å². The predicted octanol–water partition coefficient (Wildman–Crippen LogP) is 1.33. The van der Waals surface area contributed by atoms with Gasteiger partial charge in [0.1, 0.15) is 11.6 Å². The number of rotatable bonds is 5. The lowest BCUT2D eigenvalue weighted by Crippen LogP contribution is -2.52. The Bertz CT molecular complexity index is 835. The molecular weight excluding hydrogens is 358 g/mol. The van der Waals surface area contributed by atoms with Crippen molar-refractivity contribution < 1.29 is 14.3 Å². The molecule has 1 atom stereocenters. The topological polar surface area (TPSA) is 78.9 Å². The fraction of sp³-hybridized carbons (Fsp3) is 0.400. The molecule has 0 spiro atoms. The average molecular weight is 381 g/mol. The fourth-order valence-corrected chi connectivity index (χ4v) is 3.75. The Morgan fingerprint density at radius 3 is 2.46 bits per heavy atom. The third-order valence-corrected chi connectivity index (χ3v) is 5.16. The SMILES string of the molecule is CCOc1ccc(N2C(=O)C[C@@H](N3CCN(c4cnccn4)CC3)C2=O)cc1. The molecule has 0 bridgehead atoms. The number of hydrogen-bond donors (Lipinski definition) is 0. The zero-order valence-corrected chi connectivity index (χ0v) is 15.8. The van der Waals surface area contributed by atoms with E-state index < -0.39 is 6.04 Å². The first-order chi connectivity index (χ1) is 13.7. The highest BCUT2D eigenvalue weighted by atomic mass is 16.5. The molecule has 1 aromatic heterocycles. The molecule has 8 heteroatoms. The van der Waals surface area contributed by atoms with Crippen LogP contribution < -0.4 is 14.5 Å². The third-order valence-electron chi connectivity index (χ3n) is 5.16. The summed E-state index contributed by atoms with van der Waals surface area (Å²) in [5, 5.41) is 0. The van der Waals surface area contributed by atoms with Gasteiger partial charge in [0.25, 0.3) is 5.91 Å². The Morgan fingerprint density at radius 2 is 1.82 bits per heavy atom. The molecule has 1 aromatic carbocycles. The highest BCUT2D eigenvalue weighted by Gasteiger charge is 2.43. The van der Waals surface area contributed by atoms with Crippen LogP contribution in [-0.4, -0.2) is 65.5 Å². The summed E-state index contributed by atoms with van der Waals surface area (Å²) in [5.41, 5.74) is 0.596. The largest absolute Gasteiger partial charge is 0.494 e. The smallest absolute Gasteiger partial charge is 0.251 e. The second-order valence-electron chi connectivity index (χ2n) is 6.80. The summed E-state index contributed by atoms with van der Waals surface area (Å²) in [6.07, 6.45) is 5.29. The normalized spacial score (nSPS) is 20.7.